The molecule has 1 N–H and O–H groups in total. The van der Waals surface area contributed by atoms with Gasteiger partial charge in [-0.3, -0.25) is 14.6 Å². The molecule has 186 valence electrons. The summed E-state index contributed by atoms with van der Waals surface area (Å²) in [4.78, 5) is 17.3. The number of benzene rings is 2. The van der Waals surface area contributed by atoms with Gasteiger partial charge >= 0.3 is 6.18 Å². The molecule has 1 heterocycles. The first-order valence-corrected chi connectivity index (χ1v) is 11.8. The second-order valence-corrected chi connectivity index (χ2v) is 8.85. The summed E-state index contributed by atoms with van der Waals surface area (Å²) >= 11 is 0. The van der Waals surface area contributed by atoms with Crippen molar-refractivity contribution >= 4 is 5.91 Å². The van der Waals surface area contributed by atoms with Crippen molar-refractivity contribution in [2.45, 2.75) is 45.6 Å². The Bertz CT molecular complexity index is 908. The highest BCUT2D eigenvalue weighted by atomic mass is 19.4. The maximum Gasteiger partial charge on any atom is 0.416 e. The number of alkyl halides is 3. The number of nitrogens with one attached hydrogen (secondary N) is 1. The van der Waals surface area contributed by atoms with Crippen molar-refractivity contribution in [3.8, 4) is 0 Å². The third-order valence-corrected chi connectivity index (χ3v) is 6.30. The lowest BCUT2D eigenvalue weighted by Gasteiger charge is -2.35. The fourth-order valence-electron chi connectivity index (χ4n) is 4.19. The monoisotopic (exact) mass is 477 g/mol. The summed E-state index contributed by atoms with van der Waals surface area (Å²) in [6, 6.07) is 13.0. The molecule has 0 aromatic heterocycles. The Balaban J connectivity index is 1.68. The molecule has 1 aliphatic rings. The van der Waals surface area contributed by atoms with Crippen LogP contribution in [0.1, 0.15) is 53.9 Å². The zero-order valence-corrected chi connectivity index (χ0v) is 20.1. The minimum atomic E-state index is -4.38. The highest BCUT2D eigenvalue weighted by Crippen LogP contribution is 2.31. The lowest BCUT2D eigenvalue weighted by atomic mass is 10.0. The fraction of sp³-hybridized carbons (Fsp3) is 0.500. The Morgan fingerprint density at radius 3 is 2.21 bits per heavy atom. The Morgan fingerprint density at radius 2 is 1.68 bits per heavy atom. The number of amides is 1. The zero-order valence-electron chi connectivity index (χ0n) is 20.1. The number of carbonyl (C=O) groups excluding carboxylic acids is 1. The minimum absolute atomic E-state index is 0.201. The van der Waals surface area contributed by atoms with Crippen LogP contribution < -0.4 is 5.32 Å². The molecule has 2 aromatic carbocycles. The van der Waals surface area contributed by atoms with Crippen molar-refractivity contribution in [3.63, 3.8) is 0 Å². The summed E-state index contributed by atoms with van der Waals surface area (Å²) in [5, 5.41) is 2.98. The third-order valence-electron chi connectivity index (χ3n) is 6.30. The van der Waals surface area contributed by atoms with E-state index < -0.39 is 11.7 Å². The van der Waals surface area contributed by atoms with Crippen molar-refractivity contribution in [2.24, 2.45) is 0 Å². The molecule has 3 rings (SSSR count). The predicted molar refractivity (Wildman–Crippen MR) is 127 cm³/mol. The van der Waals surface area contributed by atoms with E-state index in [0.29, 0.717) is 44.5 Å². The van der Waals surface area contributed by atoms with Crippen molar-refractivity contribution in [3.05, 3.63) is 70.8 Å². The zero-order chi connectivity index (χ0) is 24.7. The highest BCUT2D eigenvalue weighted by Gasteiger charge is 2.31. The Kier molecular flexibility index (Phi) is 9.10. The van der Waals surface area contributed by atoms with Gasteiger partial charge in [-0.1, -0.05) is 31.2 Å². The van der Waals surface area contributed by atoms with Crippen LogP contribution in [0.25, 0.3) is 0 Å². The van der Waals surface area contributed by atoms with E-state index >= 15 is 0 Å². The predicted octanol–water partition coefficient (Wildman–Crippen LogP) is 4.74. The van der Waals surface area contributed by atoms with Crippen LogP contribution in [0, 0.1) is 0 Å². The highest BCUT2D eigenvalue weighted by molar-refractivity contribution is 5.94. The molecule has 1 atom stereocenters. The van der Waals surface area contributed by atoms with Gasteiger partial charge in [-0.15, -0.1) is 0 Å². The van der Waals surface area contributed by atoms with Gasteiger partial charge in [0.2, 0.25) is 0 Å². The quantitative estimate of drug-likeness (QED) is 0.567. The van der Waals surface area contributed by atoms with Crippen LogP contribution in [-0.4, -0.2) is 61.1 Å². The van der Waals surface area contributed by atoms with Gasteiger partial charge in [-0.25, -0.2) is 0 Å². The summed E-state index contributed by atoms with van der Waals surface area (Å²) in [5.74, 6) is -0.201. The molecule has 0 aliphatic carbocycles. The molecule has 0 radical (unpaired) electrons. The van der Waals surface area contributed by atoms with E-state index in [9.17, 15) is 18.0 Å². The van der Waals surface area contributed by atoms with E-state index in [0.717, 1.165) is 36.3 Å². The maximum atomic E-state index is 13.0. The summed E-state index contributed by atoms with van der Waals surface area (Å²) < 4.78 is 44.4. The number of hydrogen-bond donors (Lipinski definition) is 1. The average Bonchev–Trinajstić information content (AvgIpc) is 2.83. The molecule has 2 aromatic rings. The molecule has 8 heteroatoms. The Labute approximate surface area is 199 Å². The molecular formula is C26H34F3N3O2. The van der Waals surface area contributed by atoms with E-state index in [-0.39, 0.29) is 11.9 Å². The van der Waals surface area contributed by atoms with Crippen LogP contribution in [0.2, 0.25) is 0 Å². The molecule has 1 unspecified atom stereocenters. The van der Waals surface area contributed by atoms with Crippen LogP contribution in [0.5, 0.6) is 0 Å². The molecule has 0 spiro atoms. The van der Waals surface area contributed by atoms with E-state index in [1.165, 1.54) is 12.1 Å². The molecule has 1 fully saturated rings. The fourth-order valence-corrected chi connectivity index (χ4v) is 4.19. The molecular weight excluding hydrogens is 443 g/mol. The first kappa shape index (κ1) is 26.2. The van der Waals surface area contributed by atoms with Crippen LogP contribution in [0.4, 0.5) is 13.2 Å². The van der Waals surface area contributed by atoms with Gasteiger partial charge in [0.05, 0.1) is 24.8 Å². The molecule has 1 amide bonds. The Hall–Kier alpha value is -2.42. The Morgan fingerprint density at radius 1 is 1.06 bits per heavy atom. The van der Waals surface area contributed by atoms with E-state index in [1.54, 1.807) is 0 Å². The smallest absolute Gasteiger partial charge is 0.379 e. The van der Waals surface area contributed by atoms with Gasteiger partial charge in [0.25, 0.3) is 5.91 Å². The van der Waals surface area contributed by atoms with Crippen molar-refractivity contribution in [1.82, 2.24) is 15.1 Å². The first-order valence-electron chi connectivity index (χ1n) is 11.8. The van der Waals surface area contributed by atoms with Crippen LogP contribution in [0.15, 0.2) is 48.5 Å². The van der Waals surface area contributed by atoms with Gasteiger partial charge in [0.1, 0.15) is 0 Å². The number of ether oxygens (including phenoxy) is 1. The van der Waals surface area contributed by atoms with E-state index in [4.69, 9.17) is 4.74 Å². The summed E-state index contributed by atoms with van der Waals surface area (Å²) in [7, 11) is 0. The summed E-state index contributed by atoms with van der Waals surface area (Å²) in [6.45, 7) is 10.9. The number of carbonyl (C=O) groups is 1. The number of rotatable bonds is 9. The SMILES string of the molecule is CCN(Cc1ccc(C(=O)NCC(c2ccc(C(F)(F)F)cc2)N2CCOCC2)cc1)C(C)C. The minimum Gasteiger partial charge on any atom is -0.379 e. The first-order chi connectivity index (χ1) is 16.2. The summed E-state index contributed by atoms with van der Waals surface area (Å²) in [5.41, 5.74) is 1.76. The van der Waals surface area contributed by atoms with Crippen molar-refractivity contribution in [2.75, 3.05) is 39.4 Å². The van der Waals surface area contributed by atoms with Gasteiger partial charge in [0, 0.05) is 37.8 Å². The number of nitrogens with zero attached hydrogens (tertiary/aromatic N) is 2. The molecule has 34 heavy (non-hydrogen) atoms. The molecule has 1 aliphatic heterocycles. The average molecular weight is 478 g/mol. The molecule has 0 bridgehead atoms. The largest absolute Gasteiger partial charge is 0.416 e. The van der Waals surface area contributed by atoms with Gasteiger partial charge in [-0.05, 0) is 55.8 Å². The molecule has 0 saturated carbocycles. The topological polar surface area (TPSA) is 44.8 Å². The second kappa shape index (κ2) is 11.8. The number of halogens is 3. The third kappa shape index (κ3) is 7.04. The summed E-state index contributed by atoms with van der Waals surface area (Å²) in [6.07, 6.45) is -4.38. The van der Waals surface area contributed by atoms with Gasteiger partial charge in [0.15, 0.2) is 0 Å². The molecule has 5 nitrogen and oxygen atoms in total. The van der Waals surface area contributed by atoms with Crippen LogP contribution in [-0.2, 0) is 17.5 Å². The normalized spacial score (nSPS) is 16.1. The lowest BCUT2D eigenvalue weighted by Crippen LogP contribution is -2.43. The van der Waals surface area contributed by atoms with Gasteiger partial charge in [-0.2, -0.15) is 13.2 Å². The van der Waals surface area contributed by atoms with Crippen LogP contribution >= 0.6 is 0 Å². The maximum absolute atomic E-state index is 13.0. The number of hydrogen-bond acceptors (Lipinski definition) is 4. The number of morpholine rings is 1. The standard InChI is InChI=1S/C26H34F3N3O2/c1-4-31(19(2)3)18-20-5-7-22(8-6-20)25(33)30-17-24(32-13-15-34-16-14-32)21-9-11-23(12-10-21)26(27,28)29/h5-12,19,24H,4,13-18H2,1-3H3,(H,30,33). The van der Waals surface area contributed by atoms with Gasteiger partial charge < -0.3 is 10.1 Å². The molecule has 1 saturated heterocycles. The van der Waals surface area contributed by atoms with Crippen LogP contribution in [0.3, 0.4) is 0 Å². The lowest BCUT2D eigenvalue weighted by molar-refractivity contribution is -0.137. The van der Waals surface area contributed by atoms with E-state index in [2.05, 4.69) is 35.9 Å². The second-order valence-electron chi connectivity index (χ2n) is 8.85. The van der Waals surface area contributed by atoms with Crippen molar-refractivity contribution < 1.29 is 22.7 Å². The van der Waals surface area contributed by atoms with Crippen molar-refractivity contribution in [1.29, 1.82) is 0 Å². The van der Waals surface area contributed by atoms with E-state index in [1.807, 2.05) is 24.3 Å².